The highest BCUT2D eigenvalue weighted by Crippen LogP contribution is 2.59. The highest BCUT2D eigenvalue weighted by atomic mass is 35.5. The average Bonchev–Trinajstić information content (AvgIpc) is 3.45. The summed E-state index contributed by atoms with van der Waals surface area (Å²) in [7, 11) is 0. The summed E-state index contributed by atoms with van der Waals surface area (Å²) in [5.41, 5.74) is 5.94. The molecule has 1 saturated heterocycles. The average molecular weight is 573 g/mol. The normalized spacial score (nSPS) is 23.6. The van der Waals surface area contributed by atoms with Gasteiger partial charge in [-0.2, -0.15) is 0 Å². The molecule has 5 nitrogen and oxygen atoms in total. The minimum atomic E-state index is -1.35. The molecule has 0 aromatic heterocycles. The van der Waals surface area contributed by atoms with E-state index in [1.807, 2.05) is 86.3 Å². The van der Waals surface area contributed by atoms with Crippen LogP contribution in [0.25, 0.3) is 5.57 Å². The van der Waals surface area contributed by atoms with Crippen molar-refractivity contribution in [1.82, 2.24) is 0 Å². The van der Waals surface area contributed by atoms with Crippen molar-refractivity contribution in [3.05, 3.63) is 135 Å². The number of anilines is 2. The van der Waals surface area contributed by atoms with Crippen molar-refractivity contribution in [2.75, 3.05) is 10.2 Å². The van der Waals surface area contributed by atoms with E-state index >= 15 is 0 Å². The molecule has 1 spiro atoms. The maximum Gasteiger partial charge on any atom is 0.238 e. The monoisotopic (exact) mass is 572 g/mol. The topological polar surface area (TPSA) is 66.5 Å². The van der Waals surface area contributed by atoms with Crippen LogP contribution in [0.2, 0.25) is 5.02 Å². The first-order chi connectivity index (χ1) is 20.2. The molecule has 0 aliphatic carbocycles. The minimum Gasteiger partial charge on any atom is -0.352 e. The predicted molar refractivity (Wildman–Crippen MR) is 166 cm³/mol. The van der Waals surface area contributed by atoms with Gasteiger partial charge in [-0.05, 0) is 74.4 Å². The number of para-hydroxylation sites is 1. The zero-order valence-corrected chi connectivity index (χ0v) is 24.3. The molecule has 0 bridgehead atoms. The lowest BCUT2D eigenvalue weighted by Gasteiger charge is -2.39. The number of allylic oxidation sites excluding steroid dienone is 1. The number of halogens is 1. The number of nitrogens with zero attached hydrogens (tertiary/aromatic N) is 1. The van der Waals surface area contributed by atoms with Gasteiger partial charge in [-0.25, -0.2) is 0 Å². The summed E-state index contributed by atoms with van der Waals surface area (Å²) >= 11 is 6.20. The van der Waals surface area contributed by atoms with Crippen molar-refractivity contribution in [1.29, 1.82) is 0 Å². The maximum absolute atomic E-state index is 14.8. The fraction of sp³-hybridized carbons (Fsp3) is 0.194. The molecule has 3 heterocycles. The van der Waals surface area contributed by atoms with Gasteiger partial charge in [-0.3, -0.25) is 14.4 Å². The summed E-state index contributed by atoms with van der Waals surface area (Å²) in [5, 5.41) is 3.59. The number of benzene rings is 4. The van der Waals surface area contributed by atoms with Crippen LogP contribution in [-0.2, 0) is 10.2 Å². The van der Waals surface area contributed by atoms with Crippen LogP contribution >= 0.6 is 11.6 Å². The Bertz CT molecular complexity index is 1830. The molecule has 4 aromatic carbocycles. The van der Waals surface area contributed by atoms with Gasteiger partial charge in [-0.15, -0.1) is 0 Å². The Morgan fingerprint density at radius 1 is 0.810 bits per heavy atom. The summed E-state index contributed by atoms with van der Waals surface area (Å²) < 4.78 is 0. The number of fused-ring (bicyclic) bond motifs is 6. The number of carbonyl (C=O) groups excluding carboxylic acids is 3. The summed E-state index contributed by atoms with van der Waals surface area (Å²) in [5.74, 6) is -1.75. The molecule has 1 fully saturated rings. The zero-order chi connectivity index (χ0) is 29.3. The summed E-state index contributed by atoms with van der Waals surface area (Å²) in [6.07, 6.45) is 2.08. The van der Waals surface area contributed by atoms with Crippen molar-refractivity contribution < 1.29 is 14.4 Å². The second-order valence-electron chi connectivity index (χ2n) is 11.6. The Morgan fingerprint density at radius 3 is 2.19 bits per heavy atom. The molecule has 3 aliphatic heterocycles. The van der Waals surface area contributed by atoms with E-state index in [1.54, 1.807) is 24.3 Å². The summed E-state index contributed by atoms with van der Waals surface area (Å²) in [4.78, 5) is 46.1. The lowest BCUT2D eigenvalue weighted by molar-refractivity contribution is -0.121. The van der Waals surface area contributed by atoms with Gasteiger partial charge in [-0.1, -0.05) is 77.3 Å². The molecule has 1 amide bonds. The number of ketones is 2. The zero-order valence-electron chi connectivity index (χ0n) is 23.5. The van der Waals surface area contributed by atoms with Crippen molar-refractivity contribution >= 4 is 46.0 Å². The molecule has 3 aliphatic rings. The van der Waals surface area contributed by atoms with E-state index in [0.29, 0.717) is 21.8 Å². The number of amides is 1. The number of nitrogens with one attached hydrogen (secondary N) is 1. The molecule has 0 radical (unpaired) electrons. The van der Waals surface area contributed by atoms with E-state index in [9.17, 15) is 14.4 Å². The molecule has 42 heavy (non-hydrogen) atoms. The lowest BCUT2D eigenvalue weighted by atomic mass is 9.64. The van der Waals surface area contributed by atoms with Crippen molar-refractivity contribution in [3.63, 3.8) is 0 Å². The van der Waals surface area contributed by atoms with Crippen LogP contribution in [0.3, 0.4) is 0 Å². The van der Waals surface area contributed by atoms with Crippen LogP contribution in [-0.4, -0.2) is 29.6 Å². The third-order valence-electron chi connectivity index (χ3n) is 9.15. The van der Waals surface area contributed by atoms with Crippen molar-refractivity contribution in [2.24, 2.45) is 5.92 Å². The Hall–Kier alpha value is -4.48. The van der Waals surface area contributed by atoms with E-state index < -0.39 is 23.4 Å². The van der Waals surface area contributed by atoms with Crippen molar-refractivity contribution in [2.45, 2.75) is 38.3 Å². The van der Waals surface area contributed by atoms with Gasteiger partial charge in [0.05, 0.1) is 12.0 Å². The molecular formula is C36H29ClN2O3. The van der Waals surface area contributed by atoms with Crippen LogP contribution < -0.4 is 10.2 Å². The minimum absolute atomic E-state index is 0.194. The summed E-state index contributed by atoms with van der Waals surface area (Å²) in [6, 6.07) is 26.3. The Morgan fingerprint density at radius 2 is 1.45 bits per heavy atom. The maximum atomic E-state index is 14.8. The molecule has 208 valence electrons. The van der Waals surface area contributed by atoms with Crippen LogP contribution in [0.4, 0.5) is 11.4 Å². The van der Waals surface area contributed by atoms with E-state index in [-0.39, 0.29) is 17.5 Å². The number of carbonyl (C=O) groups is 3. The first-order valence-electron chi connectivity index (χ1n) is 14.1. The third kappa shape index (κ3) is 3.66. The summed E-state index contributed by atoms with van der Waals surface area (Å²) in [6.45, 7) is 6.04. The van der Waals surface area contributed by atoms with Crippen molar-refractivity contribution in [3.8, 4) is 0 Å². The quantitative estimate of drug-likeness (QED) is 0.263. The van der Waals surface area contributed by atoms with Gasteiger partial charge >= 0.3 is 0 Å². The molecule has 4 aromatic rings. The largest absolute Gasteiger partial charge is 0.352 e. The Balaban J connectivity index is 1.55. The van der Waals surface area contributed by atoms with Gasteiger partial charge in [0.2, 0.25) is 5.91 Å². The Labute approximate surface area is 249 Å². The van der Waals surface area contributed by atoms with Crippen LogP contribution in [0.1, 0.15) is 49.9 Å². The van der Waals surface area contributed by atoms with Gasteiger partial charge in [0.1, 0.15) is 11.5 Å². The van der Waals surface area contributed by atoms with Gasteiger partial charge in [0.25, 0.3) is 0 Å². The molecule has 4 atom stereocenters. The van der Waals surface area contributed by atoms with E-state index in [1.165, 1.54) is 0 Å². The standard InChI is InChI=1S/C36H29ClN2O3/c1-20-8-11-24(12-9-20)34(41)32-31(33(40)23-13-15-25(37)16-14-23)36(27-6-4-5-7-28(27)38-35(36)42)30-19-22(3)26-18-21(2)10-17-29(26)39(30)32/h4-19,30-32H,1-3H3,(H,38,42)/t30-,31-,32-,36-/m1/s1. The number of hydrogen-bond acceptors (Lipinski definition) is 4. The molecular weight excluding hydrogens is 544 g/mol. The number of Topliss-reactive ketones (excluding diaryl/α,β-unsaturated/α-hetero) is 2. The third-order valence-corrected chi connectivity index (χ3v) is 9.40. The van der Waals surface area contributed by atoms with Gasteiger partial charge < -0.3 is 10.2 Å². The van der Waals surface area contributed by atoms with Gasteiger partial charge in [0, 0.05) is 33.1 Å². The van der Waals surface area contributed by atoms with Crippen LogP contribution in [0, 0.1) is 19.8 Å². The number of rotatable bonds is 4. The SMILES string of the molecule is CC1=C[C@H]2N(c3ccc(C)cc31)[C@@H](C(=O)c1ccc(C)cc1)[C@H](C(=O)c1ccc(Cl)cc1)[C@]21C(=O)Nc2ccccc21. The van der Waals surface area contributed by atoms with Crippen LogP contribution in [0.5, 0.6) is 0 Å². The fourth-order valence-corrected chi connectivity index (χ4v) is 7.35. The van der Waals surface area contributed by atoms with E-state index in [0.717, 1.165) is 33.5 Å². The fourth-order valence-electron chi connectivity index (χ4n) is 7.23. The molecule has 0 unspecified atom stereocenters. The van der Waals surface area contributed by atoms with E-state index in [4.69, 9.17) is 11.6 Å². The molecule has 1 N–H and O–H groups in total. The second-order valence-corrected chi connectivity index (χ2v) is 12.1. The Kier molecular flexibility index (Phi) is 6.00. The molecule has 6 heteroatoms. The number of hydrogen-bond donors (Lipinski definition) is 1. The van der Waals surface area contributed by atoms with E-state index in [2.05, 4.69) is 17.5 Å². The van der Waals surface area contributed by atoms with Crippen LogP contribution in [0.15, 0.2) is 97.1 Å². The molecule has 7 rings (SSSR count). The predicted octanol–water partition coefficient (Wildman–Crippen LogP) is 7.20. The highest BCUT2D eigenvalue weighted by molar-refractivity contribution is 6.30. The number of aryl methyl sites for hydroxylation is 2. The first kappa shape index (κ1) is 26.4. The van der Waals surface area contributed by atoms with Gasteiger partial charge in [0.15, 0.2) is 11.6 Å². The lowest BCUT2D eigenvalue weighted by Crippen LogP contribution is -2.51. The second kappa shape index (κ2) is 9.53. The first-order valence-corrected chi connectivity index (χ1v) is 14.5. The highest BCUT2D eigenvalue weighted by Gasteiger charge is 2.70. The smallest absolute Gasteiger partial charge is 0.238 e. The molecule has 0 saturated carbocycles.